The quantitative estimate of drug-likeness (QED) is 0.667. The maximum atomic E-state index is 12.9. The summed E-state index contributed by atoms with van der Waals surface area (Å²) in [5, 5.41) is 13.8. The number of nitro groups is 1. The summed E-state index contributed by atoms with van der Waals surface area (Å²) in [6, 6.07) is 9.53. The van der Waals surface area contributed by atoms with Crippen LogP contribution in [0.1, 0.15) is 15.9 Å². The maximum Gasteiger partial charge on any atom is 0.274 e. The van der Waals surface area contributed by atoms with Gasteiger partial charge in [-0.1, -0.05) is 6.07 Å². The van der Waals surface area contributed by atoms with Gasteiger partial charge in [-0.3, -0.25) is 19.7 Å². The van der Waals surface area contributed by atoms with Gasteiger partial charge in [0.25, 0.3) is 17.5 Å². The Labute approximate surface area is 142 Å². The van der Waals surface area contributed by atoms with Gasteiger partial charge in [0.05, 0.1) is 21.9 Å². The molecule has 2 aromatic rings. The lowest BCUT2D eigenvalue weighted by molar-refractivity contribution is -0.385. The molecule has 2 aliphatic rings. The Morgan fingerprint density at radius 2 is 2.12 bits per heavy atom. The van der Waals surface area contributed by atoms with Crippen molar-refractivity contribution in [3.8, 4) is 5.75 Å². The first-order valence-corrected chi connectivity index (χ1v) is 7.69. The van der Waals surface area contributed by atoms with E-state index >= 15 is 0 Å². The van der Waals surface area contributed by atoms with Gasteiger partial charge in [-0.2, -0.15) is 0 Å². The minimum atomic E-state index is -0.428. The molecule has 0 radical (unpaired) electrons. The average molecular weight is 339 g/mol. The van der Waals surface area contributed by atoms with Gasteiger partial charge in [0, 0.05) is 18.2 Å². The lowest BCUT2D eigenvalue weighted by Gasteiger charge is -2.21. The van der Waals surface area contributed by atoms with Crippen molar-refractivity contribution in [1.29, 1.82) is 0 Å². The third kappa shape index (κ3) is 2.47. The number of anilines is 2. The Hall–Kier alpha value is -3.42. The van der Waals surface area contributed by atoms with E-state index in [0.717, 1.165) is 0 Å². The molecule has 2 heterocycles. The molecule has 8 heteroatoms. The molecule has 126 valence electrons. The monoisotopic (exact) mass is 339 g/mol. The standard InChI is InChI=1S/C17H13N3O5/c21-16-9-25-15-8-10(4-5-12(15)18-16)17(22)19-7-6-11-13(19)2-1-3-14(11)20(23)24/h1-5,8H,6-7,9H2,(H,18,21). The number of amides is 2. The van der Waals surface area contributed by atoms with E-state index in [-0.39, 0.29) is 24.1 Å². The van der Waals surface area contributed by atoms with Crippen molar-refractivity contribution >= 4 is 28.9 Å². The van der Waals surface area contributed by atoms with Crippen LogP contribution in [-0.2, 0) is 11.2 Å². The van der Waals surface area contributed by atoms with Crippen LogP contribution in [-0.4, -0.2) is 29.9 Å². The van der Waals surface area contributed by atoms with Crippen molar-refractivity contribution in [2.24, 2.45) is 0 Å². The Bertz CT molecular complexity index is 924. The first-order valence-electron chi connectivity index (χ1n) is 7.69. The number of nitrogens with one attached hydrogen (secondary N) is 1. The van der Waals surface area contributed by atoms with Gasteiger partial charge in [-0.25, -0.2) is 0 Å². The van der Waals surface area contributed by atoms with Crippen molar-refractivity contribution in [1.82, 2.24) is 0 Å². The topological polar surface area (TPSA) is 102 Å². The third-order valence-electron chi connectivity index (χ3n) is 4.31. The number of nitrogens with zero attached hydrogens (tertiary/aromatic N) is 2. The Morgan fingerprint density at radius 3 is 2.92 bits per heavy atom. The molecule has 25 heavy (non-hydrogen) atoms. The van der Waals surface area contributed by atoms with Crippen LogP contribution in [0.3, 0.4) is 0 Å². The van der Waals surface area contributed by atoms with Crippen LogP contribution in [0.15, 0.2) is 36.4 Å². The molecule has 1 N–H and O–H groups in total. The van der Waals surface area contributed by atoms with Crippen molar-refractivity contribution in [3.05, 3.63) is 57.6 Å². The number of hydrogen-bond donors (Lipinski definition) is 1. The van der Waals surface area contributed by atoms with Crippen molar-refractivity contribution in [2.75, 3.05) is 23.4 Å². The summed E-state index contributed by atoms with van der Waals surface area (Å²) in [7, 11) is 0. The first-order chi connectivity index (χ1) is 12.0. The summed E-state index contributed by atoms with van der Waals surface area (Å²) in [6.45, 7) is 0.289. The number of ether oxygens (including phenoxy) is 1. The molecule has 0 aromatic heterocycles. The number of fused-ring (bicyclic) bond motifs is 2. The van der Waals surface area contributed by atoms with Crippen LogP contribution < -0.4 is 15.0 Å². The fourth-order valence-electron chi connectivity index (χ4n) is 3.16. The van der Waals surface area contributed by atoms with Gasteiger partial charge in [0.15, 0.2) is 6.61 Å². The molecular formula is C17H13N3O5. The van der Waals surface area contributed by atoms with Crippen molar-refractivity contribution in [2.45, 2.75) is 6.42 Å². The molecule has 0 unspecified atom stereocenters. The first kappa shape index (κ1) is 15.1. The molecule has 2 aliphatic heterocycles. The molecule has 0 spiro atoms. The Morgan fingerprint density at radius 1 is 1.28 bits per heavy atom. The van der Waals surface area contributed by atoms with E-state index in [9.17, 15) is 19.7 Å². The van der Waals surface area contributed by atoms with E-state index in [1.54, 1.807) is 30.3 Å². The smallest absolute Gasteiger partial charge is 0.274 e. The third-order valence-corrected chi connectivity index (χ3v) is 4.31. The number of carbonyl (C=O) groups is 2. The van der Waals surface area contributed by atoms with Gasteiger partial charge in [-0.15, -0.1) is 0 Å². The summed E-state index contributed by atoms with van der Waals surface area (Å²) in [5.74, 6) is -0.0705. The van der Waals surface area contributed by atoms with E-state index in [1.807, 2.05) is 0 Å². The molecule has 4 rings (SSSR count). The Kier molecular flexibility index (Phi) is 3.38. The summed E-state index contributed by atoms with van der Waals surface area (Å²) >= 11 is 0. The van der Waals surface area contributed by atoms with Gasteiger partial charge in [-0.05, 0) is 30.7 Å². The molecular weight excluding hydrogens is 326 g/mol. The molecule has 0 fully saturated rings. The summed E-state index contributed by atoms with van der Waals surface area (Å²) < 4.78 is 5.34. The number of rotatable bonds is 2. The zero-order chi connectivity index (χ0) is 17.6. The lowest BCUT2D eigenvalue weighted by atomic mass is 10.1. The number of nitro benzene ring substituents is 1. The normalized spacial score (nSPS) is 15.0. The predicted octanol–water partition coefficient (Wildman–Crippen LogP) is 2.13. The van der Waals surface area contributed by atoms with E-state index in [0.29, 0.717) is 41.2 Å². The highest BCUT2D eigenvalue weighted by Crippen LogP contribution is 2.36. The van der Waals surface area contributed by atoms with Crippen LogP contribution in [0.25, 0.3) is 0 Å². The molecule has 0 aliphatic carbocycles. The van der Waals surface area contributed by atoms with E-state index in [1.165, 1.54) is 11.0 Å². The molecule has 0 saturated carbocycles. The van der Waals surface area contributed by atoms with Crippen LogP contribution >= 0.6 is 0 Å². The zero-order valence-corrected chi connectivity index (χ0v) is 13.0. The van der Waals surface area contributed by atoms with Crippen LogP contribution in [0.4, 0.5) is 17.1 Å². The van der Waals surface area contributed by atoms with E-state index in [4.69, 9.17) is 4.74 Å². The molecule has 0 saturated heterocycles. The molecule has 8 nitrogen and oxygen atoms in total. The van der Waals surface area contributed by atoms with Gasteiger partial charge in [0.1, 0.15) is 5.75 Å². The average Bonchev–Trinajstić information content (AvgIpc) is 3.04. The number of carbonyl (C=O) groups excluding carboxylic acids is 2. The largest absolute Gasteiger partial charge is 0.482 e. The second kappa shape index (κ2) is 5.59. The fourth-order valence-corrected chi connectivity index (χ4v) is 3.16. The Balaban J connectivity index is 1.67. The summed E-state index contributed by atoms with van der Waals surface area (Å²) in [5.41, 5.74) is 2.08. The van der Waals surface area contributed by atoms with Crippen LogP contribution in [0.2, 0.25) is 0 Å². The number of benzene rings is 2. The van der Waals surface area contributed by atoms with Gasteiger partial charge >= 0.3 is 0 Å². The second-order valence-corrected chi connectivity index (χ2v) is 5.79. The highest BCUT2D eigenvalue weighted by atomic mass is 16.6. The summed E-state index contributed by atoms with van der Waals surface area (Å²) in [4.78, 5) is 36.4. The van der Waals surface area contributed by atoms with Crippen molar-refractivity contribution < 1.29 is 19.2 Å². The molecule has 0 bridgehead atoms. The fraction of sp³-hybridized carbons (Fsp3) is 0.176. The van der Waals surface area contributed by atoms with Gasteiger partial charge < -0.3 is 15.0 Å². The van der Waals surface area contributed by atoms with Crippen molar-refractivity contribution in [3.63, 3.8) is 0 Å². The lowest BCUT2D eigenvalue weighted by Crippen LogP contribution is -2.29. The molecule has 2 aromatic carbocycles. The minimum absolute atomic E-state index is 0.0317. The van der Waals surface area contributed by atoms with Crippen LogP contribution in [0.5, 0.6) is 5.75 Å². The van der Waals surface area contributed by atoms with E-state index < -0.39 is 4.92 Å². The number of hydrogen-bond acceptors (Lipinski definition) is 5. The highest BCUT2D eigenvalue weighted by molar-refractivity contribution is 6.08. The maximum absolute atomic E-state index is 12.9. The summed E-state index contributed by atoms with van der Waals surface area (Å²) in [6.07, 6.45) is 0.440. The zero-order valence-electron chi connectivity index (χ0n) is 13.0. The minimum Gasteiger partial charge on any atom is -0.482 e. The SMILES string of the molecule is O=C1COc2cc(C(=O)N3CCc4c3cccc4[N+](=O)[O-])ccc2N1. The van der Waals surface area contributed by atoms with E-state index in [2.05, 4.69) is 5.32 Å². The molecule has 0 atom stereocenters. The highest BCUT2D eigenvalue weighted by Gasteiger charge is 2.31. The second-order valence-electron chi connectivity index (χ2n) is 5.79. The molecule has 2 amide bonds. The van der Waals surface area contributed by atoms with Gasteiger partial charge in [0.2, 0.25) is 0 Å². The predicted molar refractivity (Wildman–Crippen MR) is 89.0 cm³/mol. The van der Waals surface area contributed by atoms with Crippen LogP contribution in [0, 0.1) is 10.1 Å².